The Hall–Kier alpha value is -1.24. The topological polar surface area (TPSA) is 9.23 Å². The van der Waals surface area contributed by atoms with Crippen molar-refractivity contribution in [3.05, 3.63) is 35.9 Å². The number of unbranched alkanes of at least 4 members (excludes halogenated alkanes) is 4. The minimum absolute atomic E-state index is 0.292. The van der Waals surface area contributed by atoms with Crippen molar-refractivity contribution in [2.45, 2.75) is 65.4 Å². The molecule has 1 unspecified atom stereocenters. The van der Waals surface area contributed by atoms with Crippen LogP contribution in [0.4, 0.5) is 0 Å². The molecule has 0 fully saturated rings. The van der Waals surface area contributed by atoms with Crippen LogP contribution in [0.25, 0.3) is 6.08 Å². The molecular weight excluding hydrogens is 232 g/mol. The van der Waals surface area contributed by atoms with Gasteiger partial charge < -0.3 is 4.74 Å². The molecule has 0 heterocycles. The van der Waals surface area contributed by atoms with Crippen molar-refractivity contribution in [2.75, 3.05) is 0 Å². The van der Waals surface area contributed by atoms with E-state index >= 15 is 0 Å². The summed E-state index contributed by atoms with van der Waals surface area (Å²) < 4.78 is 6.05. The average molecular weight is 260 g/mol. The van der Waals surface area contributed by atoms with Crippen molar-refractivity contribution in [1.29, 1.82) is 0 Å². The molecule has 0 radical (unpaired) electrons. The predicted molar refractivity (Wildman–Crippen MR) is 84.7 cm³/mol. The van der Waals surface area contributed by atoms with Crippen LogP contribution in [-0.2, 0) is 0 Å². The first-order valence-corrected chi connectivity index (χ1v) is 7.57. The Labute approximate surface area is 118 Å². The maximum absolute atomic E-state index is 6.05. The highest BCUT2D eigenvalue weighted by Crippen LogP contribution is 2.24. The van der Waals surface area contributed by atoms with Gasteiger partial charge in [0.1, 0.15) is 5.75 Å². The smallest absolute Gasteiger partial charge is 0.123 e. The molecule has 1 aromatic carbocycles. The van der Waals surface area contributed by atoms with Crippen LogP contribution in [0.3, 0.4) is 0 Å². The lowest BCUT2D eigenvalue weighted by Crippen LogP contribution is -2.12. The summed E-state index contributed by atoms with van der Waals surface area (Å²) in [4.78, 5) is 0. The molecule has 19 heavy (non-hydrogen) atoms. The summed E-state index contributed by atoms with van der Waals surface area (Å²) in [6, 6.07) is 6.16. The molecule has 1 heteroatoms. The minimum atomic E-state index is 0.292. The first kappa shape index (κ1) is 15.8. The van der Waals surface area contributed by atoms with Gasteiger partial charge in [0.05, 0.1) is 6.10 Å². The van der Waals surface area contributed by atoms with E-state index in [1.54, 1.807) is 0 Å². The fraction of sp³-hybridized carbons (Fsp3) is 0.556. The van der Waals surface area contributed by atoms with Crippen LogP contribution in [0.1, 0.15) is 63.5 Å². The number of hydrogen-bond acceptors (Lipinski definition) is 1. The molecule has 1 atom stereocenters. The van der Waals surface area contributed by atoms with Gasteiger partial charge in [0.15, 0.2) is 0 Å². The zero-order valence-corrected chi connectivity index (χ0v) is 12.7. The molecule has 1 rings (SSSR count). The van der Waals surface area contributed by atoms with Gasteiger partial charge in [0, 0.05) is 0 Å². The van der Waals surface area contributed by atoms with Crippen molar-refractivity contribution in [3.63, 3.8) is 0 Å². The van der Waals surface area contributed by atoms with Gasteiger partial charge in [-0.3, -0.25) is 0 Å². The highest BCUT2D eigenvalue weighted by molar-refractivity contribution is 5.55. The lowest BCUT2D eigenvalue weighted by atomic mass is 10.1. The maximum Gasteiger partial charge on any atom is 0.123 e. The minimum Gasteiger partial charge on any atom is -0.490 e. The van der Waals surface area contributed by atoms with Crippen LogP contribution in [0.2, 0.25) is 0 Å². The summed E-state index contributed by atoms with van der Waals surface area (Å²) in [7, 11) is 0. The zero-order chi connectivity index (χ0) is 14.1. The van der Waals surface area contributed by atoms with Crippen LogP contribution in [0.5, 0.6) is 5.75 Å². The average Bonchev–Trinajstić information content (AvgIpc) is 2.41. The Morgan fingerprint density at radius 3 is 2.63 bits per heavy atom. The molecule has 0 aliphatic rings. The zero-order valence-electron chi connectivity index (χ0n) is 12.7. The summed E-state index contributed by atoms with van der Waals surface area (Å²) in [5.74, 6) is 0.999. The van der Waals surface area contributed by atoms with E-state index in [9.17, 15) is 0 Å². The van der Waals surface area contributed by atoms with E-state index in [-0.39, 0.29) is 0 Å². The fourth-order valence-electron chi connectivity index (χ4n) is 2.29. The number of benzene rings is 1. The van der Waals surface area contributed by atoms with Crippen LogP contribution >= 0.6 is 0 Å². The molecule has 0 amide bonds. The molecule has 1 nitrogen and oxygen atoms in total. The molecule has 1 aromatic rings. The van der Waals surface area contributed by atoms with Crippen molar-refractivity contribution in [3.8, 4) is 5.75 Å². The third-order valence-electron chi connectivity index (χ3n) is 3.59. The lowest BCUT2D eigenvalue weighted by molar-refractivity contribution is 0.205. The van der Waals surface area contributed by atoms with E-state index in [0.717, 1.165) is 17.7 Å². The van der Waals surface area contributed by atoms with Crippen LogP contribution in [0, 0.1) is 6.92 Å². The van der Waals surface area contributed by atoms with E-state index in [2.05, 4.69) is 39.5 Å². The van der Waals surface area contributed by atoms with Gasteiger partial charge in [0.2, 0.25) is 0 Å². The number of rotatable bonds is 9. The molecule has 0 aromatic heterocycles. The first-order chi connectivity index (χ1) is 9.19. The van der Waals surface area contributed by atoms with Crippen LogP contribution < -0.4 is 4.74 Å². The maximum atomic E-state index is 6.05. The van der Waals surface area contributed by atoms with Gasteiger partial charge in [0.25, 0.3) is 0 Å². The highest BCUT2D eigenvalue weighted by atomic mass is 16.5. The van der Waals surface area contributed by atoms with Gasteiger partial charge in [-0.1, -0.05) is 57.4 Å². The van der Waals surface area contributed by atoms with Crippen molar-refractivity contribution in [2.24, 2.45) is 0 Å². The second kappa shape index (κ2) is 8.79. The molecule has 0 saturated carbocycles. The van der Waals surface area contributed by atoms with Gasteiger partial charge >= 0.3 is 0 Å². The Kier molecular flexibility index (Phi) is 7.32. The summed E-state index contributed by atoms with van der Waals surface area (Å²) in [6.45, 7) is 10.3. The van der Waals surface area contributed by atoms with Gasteiger partial charge in [-0.25, -0.2) is 0 Å². The molecule has 106 valence electrons. The second-order valence-corrected chi connectivity index (χ2v) is 5.31. The van der Waals surface area contributed by atoms with Crippen molar-refractivity contribution in [1.82, 2.24) is 0 Å². The summed E-state index contributed by atoms with van der Waals surface area (Å²) in [5.41, 5.74) is 2.35. The van der Waals surface area contributed by atoms with E-state index < -0.39 is 0 Å². The molecular formula is C18H28O. The van der Waals surface area contributed by atoms with Crippen LogP contribution in [0.15, 0.2) is 24.8 Å². The molecule has 0 spiro atoms. The van der Waals surface area contributed by atoms with Crippen LogP contribution in [-0.4, -0.2) is 6.10 Å². The van der Waals surface area contributed by atoms with Crippen molar-refractivity contribution < 1.29 is 4.74 Å². The normalized spacial score (nSPS) is 12.2. The highest BCUT2D eigenvalue weighted by Gasteiger charge is 2.07. The summed E-state index contributed by atoms with van der Waals surface area (Å²) >= 11 is 0. The predicted octanol–water partition coefficient (Wildman–Crippen LogP) is 5.77. The third-order valence-corrected chi connectivity index (χ3v) is 3.59. The standard InChI is InChI=1S/C18H28O/c1-5-7-8-9-10-12-15(3)19-18-14-11-13-17(6-2)16(18)4/h6,11,13-15H,2,5,7-10,12H2,1,3-4H3. The fourth-order valence-corrected chi connectivity index (χ4v) is 2.29. The van der Waals surface area contributed by atoms with Crippen molar-refractivity contribution >= 4 is 6.08 Å². The molecule has 0 aliphatic heterocycles. The largest absolute Gasteiger partial charge is 0.490 e. The summed E-state index contributed by atoms with van der Waals surface area (Å²) in [6.07, 6.45) is 9.93. The quantitative estimate of drug-likeness (QED) is 0.512. The number of ether oxygens (including phenoxy) is 1. The second-order valence-electron chi connectivity index (χ2n) is 5.31. The van der Waals surface area contributed by atoms with E-state index in [1.807, 2.05) is 12.1 Å². The number of hydrogen-bond donors (Lipinski definition) is 0. The Morgan fingerprint density at radius 2 is 1.95 bits per heavy atom. The van der Waals surface area contributed by atoms with E-state index in [4.69, 9.17) is 4.74 Å². The molecule has 0 N–H and O–H groups in total. The first-order valence-electron chi connectivity index (χ1n) is 7.57. The van der Waals surface area contributed by atoms with Gasteiger partial charge in [-0.2, -0.15) is 0 Å². The Bertz CT molecular complexity index is 381. The van der Waals surface area contributed by atoms with Gasteiger partial charge in [-0.15, -0.1) is 0 Å². The monoisotopic (exact) mass is 260 g/mol. The summed E-state index contributed by atoms with van der Waals surface area (Å²) in [5, 5.41) is 0. The van der Waals surface area contributed by atoms with E-state index in [1.165, 1.54) is 37.7 Å². The molecule has 0 aliphatic carbocycles. The van der Waals surface area contributed by atoms with E-state index in [0.29, 0.717) is 6.10 Å². The third kappa shape index (κ3) is 5.50. The SMILES string of the molecule is C=Cc1cccc(OC(C)CCCCCCC)c1C. The molecule has 0 bridgehead atoms. The lowest BCUT2D eigenvalue weighted by Gasteiger charge is -2.17. The molecule has 0 saturated heterocycles. The van der Waals surface area contributed by atoms with Gasteiger partial charge in [-0.05, 0) is 43.9 Å². The Morgan fingerprint density at radius 1 is 1.21 bits per heavy atom. The Balaban J connectivity index is 2.39.